The molecule has 3 saturated heterocycles. The minimum absolute atomic E-state index is 0.241. The Bertz CT molecular complexity index is 1760. The van der Waals surface area contributed by atoms with Gasteiger partial charge < -0.3 is 89.9 Å². The van der Waals surface area contributed by atoms with Crippen LogP contribution in [0, 0.1) is 0 Å². The highest BCUT2D eigenvalue weighted by Gasteiger charge is 2.53. The van der Waals surface area contributed by atoms with Gasteiger partial charge in [-0.25, -0.2) is 0 Å². The van der Waals surface area contributed by atoms with Crippen molar-refractivity contribution >= 4 is 5.91 Å². The lowest BCUT2D eigenvalue weighted by atomic mass is 9.96. The molecule has 12 N–H and O–H groups in total. The molecule has 3 aliphatic heterocycles. The average Bonchev–Trinajstić information content (AvgIpc) is 0.838. The highest BCUT2D eigenvalue weighted by Crippen LogP contribution is 2.33. The average molecular weight is 1320 g/mol. The van der Waals surface area contributed by atoms with Crippen molar-refractivity contribution in [3.63, 3.8) is 0 Å². The second-order valence-corrected chi connectivity index (χ2v) is 27.1. The van der Waals surface area contributed by atoms with E-state index < -0.39 is 124 Å². The first-order valence-electron chi connectivity index (χ1n) is 37.6. The predicted octanol–water partition coefficient (Wildman–Crippen LogP) is 11.0. The molecule has 0 aromatic heterocycles. The van der Waals surface area contributed by atoms with Gasteiger partial charge in [-0.1, -0.05) is 276 Å². The quantitative estimate of drug-likeness (QED) is 0.0199. The van der Waals surface area contributed by atoms with E-state index in [1.165, 1.54) is 218 Å². The molecule has 0 spiro atoms. The van der Waals surface area contributed by atoms with Gasteiger partial charge in [-0.2, -0.15) is 0 Å². The molecule has 17 unspecified atom stereocenters. The van der Waals surface area contributed by atoms with E-state index >= 15 is 0 Å². The van der Waals surface area contributed by atoms with E-state index in [-0.39, 0.29) is 18.9 Å². The Labute approximate surface area is 556 Å². The first-order chi connectivity index (χ1) is 44.8. The normalized spacial score (nSPS) is 27.8. The Morgan fingerprint density at radius 3 is 1.05 bits per heavy atom. The minimum atomic E-state index is -1.98. The number of aliphatic hydroxyl groups excluding tert-OH is 11. The summed E-state index contributed by atoms with van der Waals surface area (Å²) in [5, 5.41) is 121. The van der Waals surface area contributed by atoms with E-state index in [1.807, 2.05) is 6.08 Å². The number of allylic oxidation sites excluding steroid dienone is 3. The third kappa shape index (κ3) is 36.2. The third-order valence-electron chi connectivity index (χ3n) is 19.0. The summed E-state index contributed by atoms with van der Waals surface area (Å²) in [6.45, 7) is 1.77. The van der Waals surface area contributed by atoms with Crippen molar-refractivity contribution in [2.45, 2.75) is 407 Å². The second kappa shape index (κ2) is 55.2. The van der Waals surface area contributed by atoms with Gasteiger partial charge in [0.1, 0.15) is 73.2 Å². The van der Waals surface area contributed by atoms with Crippen LogP contribution in [0.1, 0.15) is 303 Å². The third-order valence-corrected chi connectivity index (χ3v) is 19.0. The van der Waals surface area contributed by atoms with Crippen molar-refractivity contribution in [3.8, 4) is 0 Å². The van der Waals surface area contributed by atoms with Gasteiger partial charge in [-0.3, -0.25) is 4.79 Å². The van der Waals surface area contributed by atoms with E-state index in [0.717, 1.165) is 57.8 Å². The second-order valence-electron chi connectivity index (χ2n) is 27.1. The van der Waals surface area contributed by atoms with Gasteiger partial charge in [0.25, 0.3) is 0 Å². The Kier molecular flexibility index (Phi) is 50.7. The van der Waals surface area contributed by atoms with Crippen molar-refractivity contribution < 1.29 is 89.4 Å². The molecule has 0 bridgehead atoms. The van der Waals surface area contributed by atoms with E-state index in [9.17, 15) is 61.0 Å². The molecule has 3 aliphatic rings. The van der Waals surface area contributed by atoms with Crippen LogP contribution in [0.15, 0.2) is 24.3 Å². The molecule has 0 aliphatic carbocycles. The Morgan fingerprint density at radius 2 is 0.685 bits per heavy atom. The summed E-state index contributed by atoms with van der Waals surface area (Å²) < 4.78 is 34.4. The van der Waals surface area contributed by atoms with Gasteiger partial charge in [0.05, 0.1) is 38.6 Å². The maximum absolute atomic E-state index is 13.4. The number of unbranched alkanes of at least 4 members (excludes halogenated alkanes) is 41. The Morgan fingerprint density at radius 1 is 0.380 bits per heavy atom. The molecule has 0 aromatic carbocycles. The molecule has 3 heterocycles. The zero-order chi connectivity index (χ0) is 66.8. The zero-order valence-corrected chi connectivity index (χ0v) is 57.5. The monoisotopic (exact) mass is 1320 g/mol. The lowest BCUT2D eigenvalue weighted by Crippen LogP contribution is -2.66. The Hall–Kier alpha value is -1.73. The summed E-state index contributed by atoms with van der Waals surface area (Å²) in [4.78, 5) is 13.4. The van der Waals surface area contributed by atoms with Crippen LogP contribution >= 0.6 is 0 Å². The van der Waals surface area contributed by atoms with Crippen molar-refractivity contribution in [2.24, 2.45) is 0 Å². The number of rotatable bonds is 59. The van der Waals surface area contributed by atoms with Gasteiger partial charge in [0, 0.05) is 6.42 Å². The predicted molar refractivity (Wildman–Crippen MR) is 360 cm³/mol. The molecule has 3 fully saturated rings. The number of amides is 1. The van der Waals surface area contributed by atoms with Gasteiger partial charge in [0.15, 0.2) is 18.9 Å². The summed E-state index contributed by atoms with van der Waals surface area (Å²) in [6.07, 6.45) is 37.3. The van der Waals surface area contributed by atoms with Gasteiger partial charge >= 0.3 is 0 Å². The summed E-state index contributed by atoms with van der Waals surface area (Å²) in [5.74, 6) is -0.276. The molecule has 1 amide bonds. The molecular formula is C73H137NO18. The van der Waals surface area contributed by atoms with Crippen LogP contribution in [0.2, 0.25) is 0 Å². The van der Waals surface area contributed by atoms with Gasteiger partial charge in [-0.05, 0) is 44.9 Å². The molecule has 542 valence electrons. The molecule has 0 aromatic rings. The highest BCUT2D eigenvalue weighted by molar-refractivity contribution is 5.76. The number of aliphatic hydroxyl groups is 11. The minimum Gasteiger partial charge on any atom is -0.394 e. The van der Waals surface area contributed by atoms with Crippen molar-refractivity contribution in [1.29, 1.82) is 0 Å². The molecule has 0 saturated carbocycles. The molecule has 17 atom stereocenters. The number of carbonyl (C=O) groups excluding carboxylic acids is 1. The lowest BCUT2D eigenvalue weighted by Gasteiger charge is -2.48. The van der Waals surface area contributed by atoms with Gasteiger partial charge in [-0.15, -0.1) is 0 Å². The number of carbonyl (C=O) groups is 1. The molecule has 19 nitrogen and oxygen atoms in total. The fraction of sp³-hybridized carbons (Fsp3) is 0.932. The van der Waals surface area contributed by atoms with Crippen LogP contribution in [0.5, 0.6) is 0 Å². The maximum atomic E-state index is 13.4. The molecule has 92 heavy (non-hydrogen) atoms. The van der Waals surface area contributed by atoms with Crippen LogP contribution < -0.4 is 5.32 Å². The van der Waals surface area contributed by atoms with Crippen LogP contribution in [0.25, 0.3) is 0 Å². The first kappa shape index (κ1) is 84.5. The Balaban J connectivity index is 1.40. The van der Waals surface area contributed by atoms with Crippen LogP contribution in [-0.2, 0) is 33.2 Å². The summed E-state index contributed by atoms with van der Waals surface area (Å²) in [5.41, 5.74) is 0. The van der Waals surface area contributed by atoms with Crippen molar-refractivity contribution in [1.82, 2.24) is 5.32 Å². The largest absolute Gasteiger partial charge is 0.394 e. The van der Waals surface area contributed by atoms with E-state index in [4.69, 9.17) is 28.4 Å². The molecule has 19 heteroatoms. The smallest absolute Gasteiger partial charge is 0.220 e. The standard InChI is InChI=1S/C73H137NO18/c1-3-5-7-9-11-13-15-17-19-21-23-24-25-26-27-28-29-30-31-32-33-34-36-38-40-42-44-46-48-50-57(78)56(74-61(79)51-49-47-45-43-41-39-37-35-22-20-18-16-14-12-10-8-6-4-2)55-87-71-67(85)64(82)69(59(53-76)89-71)92-73-68(86)65(83)70(60(54-77)90-73)91-72-66(84)63(81)62(80)58(52-75)88-72/h20,22,48,50,56-60,62-73,75-78,80-86H,3-19,21,23-47,49,51-55H2,1-2H3,(H,74,79)/b22-20-,50-48+. The molecular weight excluding hydrogens is 1180 g/mol. The van der Waals surface area contributed by atoms with Gasteiger partial charge in [0.2, 0.25) is 5.91 Å². The highest BCUT2D eigenvalue weighted by atomic mass is 16.8. The molecule has 0 radical (unpaired) electrons. The number of hydrogen-bond donors (Lipinski definition) is 12. The van der Waals surface area contributed by atoms with Crippen molar-refractivity contribution in [3.05, 3.63) is 24.3 Å². The summed E-state index contributed by atoms with van der Waals surface area (Å²) in [6, 6.07) is -0.975. The van der Waals surface area contributed by atoms with Crippen LogP contribution in [-0.4, -0.2) is 193 Å². The molecule has 3 rings (SSSR count). The van der Waals surface area contributed by atoms with E-state index in [1.54, 1.807) is 6.08 Å². The maximum Gasteiger partial charge on any atom is 0.220 e. The number of hydrogen-bond acceptors (Lipinski definition) is 18. The summed E-state index contributed by atoms with van der Waals surface area (Å²) >= 11 is 0. The zero-order valence-electron chi connectivity index (χ0n) is 57.5. The topological polar surface area (TPSA) is 307 Å². The fourth-order valence-corrected chi connectivity index (χ4v) is 12.9. The first-order valence-corrected chi connectivity index (χ1v) is 37.6. The fourth-order valence-electron chi connectivity index (χ4n) is 12.9. The van der Waals surface area contributed by atoms with E-state index in [0.29, 0.717) is 6.42 Å². The number of nitrogens with one attached hydrogen (secondary N) is 1. The SMILES string of the molecule is CCCCCCCCC/C=C\CCCCCCCCCC(=O)NC(COC1OC(CO)C(OC2OC(CO)C(OC3OC(CO)C(O)C(O)C3O)C(O)C2O)C(O)C1O)C(O)/C=C/CCCCCCCCCCCCCCCCCCCCCCCCCCCCC. The number of ether oxygens (including phenoxy) is 6. The summed E-state index contributed by atoms with van der Waals surface area (Å²) in [7, 11) is 0. The van der Waals surface area contributed by atoms with Crippen LogP contribution in [0.3, 0.4) is 0 Å². The van der Waals surface area contributed by atoms with Crippen molar-refractivity contribution in [2.75, 3.05) is 26.4 Å². The van der Waals surface area contributed by atoms with Crippen LogP contribution in [0.4, 0.5) is 0 Å². The van der Waals surface area contributed by atoms with E-state index in [2.05, 4.69) is 31.3 Å². The lowest BCUT2D eigenvalue weighted by molar-refractivity contribution is -0.379.